The molecule has 17 heavy (non-hydrogen) atoms. The van der Waals surface area contributed by atoms with Crippen LogP contribution in [-0.2, 0) is 6.54 Å². The van der Waals surface area contributed by atoms with Crippen molar-refractivity contribution in [3.63, 3.8) is 0 Å². The predicted molar refractivity (Wildman–Crippen MR) is 76.9 cm³/mol. The van der Waals surface area contributed by atoms with Gasteiger partial charge in [0.15, 0.2) is 0 Å². The molecule has 0 radical (unpaired) electrons. The van der Waals surface area contributed by atoms with Gasteiger partial charge < -0.3 is 10.2 Å². The van der Waals surface area contributed by atoms with Crippen molar-refractivity contribution in [2.45, 2.75) is 27.3 Å². The summed E-state index contributed by atoms with van der Waals surface area (Å²) in [5.41, 5.74) is 2.58. The fraction of sp³-hybridized carbons (Fsp3) is 0.571. The van der Waals surface area contributed by atoms with Crippen molar-refractivity contribution in [1.82, 2.24) is 5.32 Å². The summed E-state index contributed by atoms with van der Waals surface area (Å²) in [6, 6.07) is 6.25. The molecule has 0 amide bonds. The molecule has 0 spiro atoms. The van der Waals surface area contributed by atoms with Crippen LogP contribution in [0.1, 0.15) is 26.3 Å². The lowest BCUT2D eigenvalue weighted by atomic mass is 9.96. The molecule has 0 atom stereocenters. The second-order valence-electron chi connectivity index (χ2n) is 5.73. The van der Waals surface area contributed by atoms with Gasteiger partial charge >= 0.3 is 0 Å². The van der Waals surface area contributed by atoms with Crippen molar-refractivity contribution in [2.75, 3.05) is 25.5 Å². The maximum atomic E-state index is 6.32. The van der Waals surface area contributed by atoms with Crippen LogP contribution in [0.25, 0.3) is 0 Å². The zero-order valence-electron chi connectivity index (χ0n) is 11.5. The summed E-state index contributed by atoms with van der Waals surface area (Å²) in [5.74, 6) is 0. The molecule has 0 saturated carbocycles. The summed E-state index contributed by atoms with van der Waals surface area (Å²) in [6.07, 6.45) is 0. The average molecular weight is 255 g/mol. The van der Waals surface area contributed by atoms with Crippen molar-refractivity contribution >= 4 is 17.3 Å². The van der Waals surface area contributed by atoms with E-state index in [2.05, 4.69) is 50.2 Å². The van der Waals surface area contributed by atoms with E-state index in [4.69, 9.17) is 11.6 Å². The third-order valence-electron chi connectivity index (χ3n) is 2.52. The van der Waals surface area contributed by atoms with Crippen molar-refractivity contribution in [3.05, 3.63) is 28.8 Å². The fourth-order valence-electron chi connectivity index (χ4n) is 1.97. The van der Waals surface area contributed by atoms with Gasteiger partial charge in [-0.1, -0.05) is 38.4 Å². The smallest absolute Gasteiger partial charge is 0.0642 e. The van der Waals surface area contributed by atoms with E-state index in [1.54, 1.807) is 0 Å². The Morgan fingerprint density at radius 1 is 1.29 bits per heavy atom. The first-order valence-electron chi connectivity index (χ1n) is 5.97. The number of hydrogen-bond acceptors (Lipinski definition) is 2. The van der Waals surface area contributed by atoms with Crippen LogP contribution < -0.4 is 10.2 Å². The van der Waals surface area contributed by atoms with Gasteiger partial charge in [0.25, 0.3) is 0 Å². The van der Waals surface area contributed by atoms with E-state index in [-0.39, 0.29) is 5.41 Å². The third-order valence-corrected chi connectivity index (χ3v) is 2.82. The van der Waals surface area contributed by atoms with E-state index in [1.165, 1.54) is 5.56 Å². The number of benzene rings is 1. The molecule has 0 heterocycles. The molecule has 1 N–H and O–H groups in total. The van der Waals surface area contributed by atoms with Crippen LogP contribution in [-0.4, -0.2) is 20.6 Å². The number of nitrogens with one attached hydrogen (secondary N) is 1. The molecule has 0 aromatic heterocycles. The SMILES string of the molecule is CNCc1ccc(N(C)CC(C)(C)C)c(Cl)c1. The molecule has 1 rings (SSSR count). The van der Waals surface area contributed by atoms with Crippen LogP contribution in [0.15, 0.2) is 18.2 Å². The van der Waals surface area contributed by atoms with E-state index < -0.39 is 0 Å². The van der Waals surface area contributed by atoms with Crippen molar-refractivity contribution in [1.29, 1.82) is 0 Å². The molecule has 1 aromatic carbocycles. The lowest BCUT2D eigenvalue weighted by molar-refractivity contribution is 0.419. The maximum absolute atomic E-state index is 6.32. The zero-order chi connectivity index (χ0) is 13.1. The van der Waals surface area contributed by atoms with Crippen LogP contribution in [0.2, 0.25) is 5.02 Å². The predicted octanol–water partition coefficient (Wildman–Crippen LogP) is 3.54. The Kier molecular flexibility index (Phi) is 4.84. The summed E-state index contributed by atoms with van der Waals surface area (Å²) < 4.78 is 0. The molecule has 0 aliphatic rings. The van der Waals surface area contributed by atoms with E-state index in [1.807, 2.05) is 13.1 Å². The lowest BCUT2D eigenvalue weighted by Crippen LogP contribution is -2.29. The number of halogens is 1. The lowest BCUT2D eigenvalue weighted by Gasteiger charge is -2.29. The Bertz CT molecular complexity index is 369. The quantitative estimate of drug-likeness (QED) is 0.884. The van der Waals surface area contributed by atoms with Crippen LogP contribution in [0.4, 0.5) is 5.69 Å². The Morgan fingerprint density at radius 3 is 2.41 bits per heavy atom. The molecule has 0 saturated heterocycles. The molecule has 2 nitrogen and oxygen atoms in total. The Hall–Kier alpha value is -0.730. The highest BCUT2D eigenvalue weighted by Gasteiger charge is 2.15. The first-order chi connectivity index (χ1) is 7.83. The summed E-state index contributed by atoms with van der Waals surface area (Å²) in [6.45, 7) is 8.52. The topological polar surface area (TPSA) is 15.3 Å². The molecule has 0 aliphatic carbocycles. The Morgan fingerprint density at radius 2 is 1.94 bits per heavy atom. The van der Waals surface area contributed by atoms with Crippen LogP contribution in [0, 0.1) is 5.41 Å². The molecule has 0 aliphatic heterocycles. The standard InChI is InChI=1S/C14H23ClN2/c1-14(2,3)10-17(5)13-7-6-11(9-16-4)8-12(13)15/h6-8,16H,9-10H2,1-5H3. The van der Waals surface area contributed by atoms with Crippen molar-refractivity contribution in [2.24, 2.45) is 5.41 Å². The molecular weight excluding hydrogens is 232 g/mol. The number of hydrogen-bond donors (Lipinski definition) is 1. The van der Waals surface area contributed by atoms with Gasteiger partial charge in [-0.2, -0.15) is 0 Å². The molecule has 3 heteroatoms. The molecular formula is C14H23ClN2. The van der Waals surface area contributed by atoms with Gasteiger partial charge in [0.2, 0.25) is 0 Å². The molecule has 0 unspecified atom stereocenters. The zero-order valence-corrected chi connectivity index (χ0v) is 12.2. The van der Waals surface area contributed by atoms with E-state index >= 15 is 0 Å². The van der Waals surface area contributed by atoms with E-state index in [0.29, 0.717) is 0 Å². The van der Waals surface area contributed by atoms with Gasteiger partial charge in [-0.05, 0) is 30.2 Å². The number of rotatable bonds is 4. The van der Waals surface area contributed by atoms with E-state index in [9.17, 15) is 0 Å². The first-order valence-corrected chi connectivity index (χ1v) is 6.35. The van der Waals surface area contributed by atoms with Gasteiger partial charge in [-0.15, -0.1) is 0 Å². The average Bonchev–Trinajstić information content (AvgIpc) is 2.15. The number of nitrogens with zero attached hydrogens (tertiary/aromatic N) is 1. The van der Waals surface area contributed by atoms with Crippen molar-refractivity contribution in [3.8, 4) is 0 Å². The maximum Gasteiger partial charge on any atom is 0.0642 e. The highest BCUT2D eigenvalue weighted by Crippen LogP contribution is 2.28. The second-order valence-corrected chi connectivity index (χ2v) is 6.14. The highest BCUT2D eigenvalue weighted by atomic mass is 35.5. The fourth-order valence-corrected chi connectivity index (χ4v) is 2.32. The molecule has 0 bridgehead atoms. The van der Waals surface area contributed by atoms with Crippen LogP contribution in [0.3, 0.4) is 0 Å². The largest absolute Gasteiger partial charge is 0.373 e. The minimum absolute atomic E-state index is 0.266. The number of anilines is 1. The normalized spacial score (nSPS) is 11.6. The van der Waals surface area contributed by atoms with Gasteiger partial charge in [-0.25, -0.2) is 0 Å². The minimum Gasteiger partial charge on any atom is -0.373 e. The molecule has 0 fully saturated rings. The van der Waals surface area contributed by atoms with Crippen LogP contribution in [0.5, 0.6) is 0 Å². The van der Waals surface area contributed by atoms with Gasteiger partial charge in [0.05, 0.1) is 10.7 Å². The van der Waals surface area contributed by atoms with Gasteiger partial charge in [0, 0.05) is 20.1 Å². The van der Waals surface area contributed by atoms with E-state index in [0.717, 1.165) is 23.8 Å². The summed E-state index contributed by atoms with van der Waals surface area (Å²) in [7, 11) is 4.03. The molecule has 96 valence electrons. The summed E-state index contributed by atoms with van der Waals surface area (Å²) in [5, 5.41) is 3.95. The summed E-state index contributed by atoms with van der Waals surface area (Å²) in [4.78, 5) is 2.21. The Labute approximate surface area is 110 Å². The second kappa shape index (κ2) is 5.74. The summed E-state index contributed by atoms with van der Waals surface area (Å²) >= 11 is 6.32. The van der Waals surface area contributed by atoms with Gasteiger partial charge in [-0.3, -0.25) is 0 Å². The van der Waals surface area contributed by atoms with Crippen molar-refractivity contribution < 1.29 is 0 Å². The van der Waals surface area contributed by atoms with Gasteiger partial charge in [0.1, 0.15) is 0 Å². The first kappa shape index (κ1) is 14.3. The minimum atomic E-state index is 0.266. The Balaban J connectivity index is 2.84. The molecule has 1 aromatic rings. The van der Waals surface area contributed by atoms with Crippen LogP contribution >= 0.6 is 11.6 Å². The third kappa shape index (κ3) is 4.57. The monoisotopic (exact) mass is 254 g/mol. The highest BCUT2D eigenvalue weighted by molar-refractivity contribution is 6.33.